The molecule has 0 aromatic heterocycles. The maximum absolute atomic E-state index is 10.3. The minimum Gasteiger partial charge on any atom is -0.394 e. The molecule has 0 spiro atoms. The number of hydrogen-bond acceptors (Lipinski definition) is 2. The van der Waals surface area contributed by atoms with Gasteiger partial charge in [-0.05, 0) is 91.8 Å². The Hall–Kier alpha value is -0.340. The monoisotopic (exact) mass is 346 g/mol. The van der Waals surface area contributed by atoms with Crippen molar-refractivity contribution in [1.82, 2.24) is 0 Å². The number of fused-ring (bicyclic) bond motifs is 5. The second-order valence-electron chi connectivity index (χ2n) is 10.3. The van der Waals surface area contributed by atoms with Gasteiger partial charge in [-0.3, -0.25) is 0 Å². The van der Waals surface area contributed by atoms with Crippen molar-refractivity contribution in [2.24, 2.45) is 40.4 Å². The second-order valence-corrected chi connectivity index (χ2v) is 10.3. The lowest BCUT2D eigenvalue weighted by Gasteiger charge is -2.58. The zero-order chi connectivity index (χ0) is 17.8. The van der Waals surface area contributed by atoms with Gasteiger partial charge in [-0.2, -0.15) is 0 Å². The SMILES string of the molecule is CC(C(O)CO)[C@H]1CC[C@H]2[C@@H]3CC=C4CCCC[C@]4(C)[C@H]3CC[C@]12C. The third-order valence-corrected chi connectivity index (χ3v) is 9.52. The Kier molecular flexibility index (Phi) is 4.60. The number of rotatable bonds is 3. The Bertz CT molecular complexity index is 540. The van der Waals surface area contributed by atoms with E-state index in [1.807, 2.05) is 0 Å². The van der Waals surface area contributed by atoms with Crippen LogP contribution in [0.25, 0.3) is 0 Å². The van der Waals surface area contributed by atoms with E-state index in [0.717, 1.165) is 17.8 Å². The van der Waals surface area contributed by atoms with E-state index in [-0.39, 0.29) is 12.5 Å². The topological polar surface area (TPSA) is 40.5 Å². The molecule has 0 aliphatic heterocycles. The third-order valence-electron chi connectivity index (χ3n) is 9.52. The van der Waals surface area contributed by atoms with E-state index in [4.69, 9.17) is 0 Å². The summed E-state index contributed by atoms with van der Waals surface area (Å²) < 4.78 is 0. The Morgan fingerprint density at radius 1 is 1.12 bits per heavy atom. The first-order valence-corrected chi connectivity index (χ1v) is 10.9. The Labute approximate surface area is 154 Å². The number of aliphatic hydroxyl groups excluding tert-OH is 2. The predicted molar refractivity (Wildman–Crippen MR) is 102 cm³/mol. The molecule has 0 radical (unpaired) electrons. The molecule has 0 amide bonds. The van der Waals surface area contributed by atoms with Crippen LogP contribution in [-0.4, -0.2) is 22.9 Å². The summed E-state index contributed by atoms with van der Waals surface area (Å²) in [6.07, 6.45) is 14.3. The van der Waals surface area contributed by atoms with Gasteiger partial charge in [0.25, 0.3) is 0 Å². The molecule has 2 N–H and O–H groups in total. The molecule has 25 heavy (non-hydrogen) atoms. The molecule has 4 rings (SSSR count). The molecule has 2 nitrogen and oxygen atoms in total. The standard InChI is InChI=1S/C23H38O2/c1-15(21(25)14-24)18-9-10-19-17-8-7-16-6-4-5-12-22(16,2)20(17)11-13-23(18,19)3/h7,15,17-21,24-25H,4-6,8-14H2,1-3H3/t15?,17-,18+,19-,20-,21?,22-,23+/m0/s1. The highest BCUT2D eigenvalue weighted by atomic mass is 16.3. The van der Waals surface area contributed by atoms with Crippen molar-refractivity contribution in [2.45, 2.75) is 84.7 Å². The lowest BCUT2D eigenvalue weighted by Crippen LogP contribution is -2.50. The first-order valence-electron chi connectivity index (χ1n) is 10.9. The molecule has 4 aliphatic rings. The zero-order valence-corrected chi connectivity index (χ0v) is 16.5. The van der Waals surface area contributed by atoms with E-state index in [1.54, 1.807) is 5.57 Å². The fourth-order valence-electron chi connectivity index (χ4n) is 8.04. The van der Waals surface area contributed by atoms with Gasteiger partial charge in [0.05, 0.1) is 12.7 Å². The first kappa shape index (κ1) is 18.0. The van der Waals surface area contributed by atoms with Crippen molar-refractivity contribution in [3.05, 3.63) is 11.6 Å². The Morgan fingerprint density at radius 2 is 1.92 bits per heavy atom. The highest BCUT2D eigenvalue weighted by Crippen LogP contribution is 2.67. The molecular formula is C23H38O2. The van der Waals surface area contributed by atoms with Gasteiger partial charge in [-0.15, -0.1) is 0 Å². The predicted octanol–water partition coefficient (Wildman–Crippen LogP) is 4.94. The molecule has 0 heterocycles. The normalized spacial score (nSPS) is 48.8. The maximum atomic E-state index is 10.3. The highest BCUT2D eigenvalue weighted by Gasteiger charge is 2.59. The molecule has 0 aromatic rings. The largest absolute Gasteiger partial charge is 0.394 e. The van der Waals surface area contributed by atoms with Crippen molar-refractivity contribution in [2.75, 3.05) is 6.61 Å². The van der Waals surface area contributed by atoms with Crippen LogP contribution in [0.2, 0.25) is 0 Å². The van der Waals surface area contributed by atoms with Gasteiger partial charge in [0.1, 0.15) is 0 Å². The minimum atomic E-state index is -0.549. The summed E-state index contributed by atoms with van der Waals surface area (Å²) in [7, 11) is 0. The molecule has 0 saturated heterocycles. The van der Waals surface area contributed by atoms with Crippen LogP contribution >= 0.6 is 0 Å². The fraction of sp³-hybridized carbons (Fsp3) is 0.913. The van der Waals surface area contributed by atoms with E-state index < -0.39 is 6.10 Å². The van der Waals surface area contributed by atoms with Crippen LogP contribution in [0.3, 0.4) is 0 Å². The van der Waals surface area contributed by atoms with Crippen molar-refractivity contribution < 1.29 is 10.2 Å². The van der Waals surface area contributed by atoms with Crippen molar-refractivity contribution >= 4 is 0 Å². The maximum Gasteiger partial charge on any atom is 0.0799 e. The zero-order valence-electron chi connectivity index (χ0n) is 16.5. The average molecular weight is 347 g/mol. The van der Waals surface area contributed by atoms with Crippen LogP contribution in [0.4, 0.5) is 0 Å². The van der Waals surface area contributed by atoms with Crippen LogP contribution in [-0.2, 0) is 0 Å². The molecule has 3 saturated carbocycles. The van der Waals surface area contributed by atoms with Crippen molar-refractivity contribution in [1.29, 1.82) is 0 Å². The number of aliphatic hydroxyl groups is 2. The molecule has 8 atom stereocenters. The fourth-order valence-corrected chi connectivity index (χ4v) is 8.04. The number of allylic oxidation sites excluding steroid dienone is 2. The average Bonchev–Trinajstić information content (AvgIpc) is 2.97. The first-order chi connectivity index (χ1) is 11.9. The van der Waals surface area contributed by atoms with Crippen LogP contribution in [0.5, 0.6) is 0 Å². The third kappa shape index (κ3) is 2.57. The minimum absolute atomic E-state index is 0.0887. The molecule has 2 unspecified atom stereocenters. The van der Waals surface area contributed by atoms with Crippen molar-refractivity contribution in [3.8, 4) is 0 Å². The molecule has 0 aromatic carbocycles. The van der Waals surface area contributed by atoms with Gasteiger partial charge in [-0.25, -0.2) is 0 Å². The van der Waals surface area contributed by atoms with Gasteiger partial charge in [0.15, 0.2) is 0 Å². The van der Waals surface area contributed by atoms with E-state index in [0.29, 0.717) is 16.7 Å². The lowest BCUT2D eigenvalue weighted by atomic mass is 9.47. The van der Waals surface area contributed by atoms with Crippen LogP contribution in [0.1, 0.15) is 78.6 Å². The van der Waals surface area contributed by atoms with Crippen LogP contribution < -0.4 is 0 Å². The second kappa shape index (κ2) is 6.37. The summed E-state index contributed by atoms with van der Waals surface area (Å²) in [6, 6.07) is 0. The van der Waals surface area contributed by atoms with E-state index in [9.17, 15) is 10.2 Å². The van der Waals surface area contributed by atoms with Crippen LogP contribution in [0.15, 0.2) is 11.6 Å². The van der Waals surface area contributed by atoms with Gasteiger partial charge in [-0.1, -0.05) is 38.8 Å². The van der Waals surface area contributed by atoms with Gasteiger partial charge in [0.2, 0.25) is 0 Å². The molecule has 4 aliphatic carbocycles. The van der Waals surface area contributed by atoms with Gasteiger partial charge >= 0.3 is 0 Å². The Balaban J connectivity index is 1.60. The summed E-state index contributed by atoms with van der Waals surface area (Å²) >= 11 is 0. The Morgan fingerprint density at radius 3 is 2.68 bits per heavy atom. The van der Waals surface area contributed by atoms with Gasteiger partial charge in [0, 0.05) is 0 Å². The molecule has 2 heteroatoms. The van der Waals surface area contributed by atoms with E-state index in [2.05, 4.69) is 26.8 Å². The summed E-state index contributed by atoms with van der Waals surface area (Å²) in [6.45, 7) is 7.19. The van der Waals surface area contributed by atoms with Crippen molar-refractivity contribution in [3.63, 3.8) is 0 Å². The van der Waals surface area contributed by atoms with E-state index >= 15 is 0 Å². The smallest absolute Gasteiger partial charge is 0.0799 e. The highest BCUT2D eigenvalue weighted by molar-refractivity contribution is 5.24. The summed E-state index contributed by atoms with van der Waals surface area (Å²) in [5.74, 6) is 3.36. The molecule has 0 bridgehead atoms. The molecule has 3 fully saturated rings. The van der Waals surface area contributed by atoms with E-state index in [1.165, 1.54) is 57.8 Å². The molecule has 142 valence electrons. The molecular weight excluding hydrogens is 308 g/mol. The number of hydrogen-bond donors (Lipinski definition) is 2. The summed E-state index contributed by atoms with van der Waals surface area (Å²) in [5, 5.41) is 19.7. The summed E-state index contributed by atoms with van der Waals surface area (Å²) in [4.78, 5) is 0. The van der Waals surface area contributed by atoms with Crippen LogP contribution in [0, 0.1) is 40.4 Å². The lowest BCUT2D eigenvalue weighted by molar-refractivity contribution is -0.0672. The quantitative estimate of drug-likeness (QED) is 0.710. The van der Waals surface area contributed by atoms with Gasteiger partial charge < -0.3 is 10.2 Å². The summed E-state index contributed by atoms with van der Waals surface area (Å²) in [5.41, 5.74) is 2.64.